The van der Waals surface area contributed by atoms with E-state index in [2.05, 4.69) is 25.1 Å². The van der Waals surface area contributed by atoms with Gasteiger partial charge in [0.05, 0.1) is 28.8 Å². The number of hydrogen-bond acceptors (Lipinski definition) is 8. The summed E-state index contributed by atoms with van der Waals surface area (Å²) < 4.78 is 53.4. The number of aromatic nitrogens is 3. The van der Waals surface area contributed by atoms with Crippen LogP contribution in [0.2, 0.25) is 0 Å². The Hall–Kier alpha value is -4.34. The number of hydrogen-bond donors (Lipinski definition) is 1. The summed E-state index contributed by atoms with van der Waals surface area (Å²) in [6, 6.07) is 10.1. The highest BCUT2D eigenvalue weighted by molar-refractivity contribution is 8.15. The summed E-state index contributed by atoms with van der Waals surface area (Å²) in [5, 5.41) is 7.44. The molecule has 4 rings (SSSR count). The first-order chi connectivity index (χ1) is 21.9. The molecule has 244 valence electrons. The molecule has 0 unspecified atom stereocenters. The molecule has 1 aliphatic rings. The Bertz CT molecular complexity index is 1670. The number of carbonyl (C=O) groups is 2. The number of aliphatic imine (C=N–C) groups is 1. The largest absolute Gasteiger partial charge is 0.573 e. The van der Waals surface area contributed by atoms with Crippen molar-refractivity contribution in [2.24, 2.45) is 4.99 Å². The highest BCUT2D eigenvalue weighted by atomic mass is 35.5. The second-order valence-electron chi connectivity index (χ2n) is 9.77. The molecule has 0 atom stereocenters. The van der Waals surface area contributed by atoms with Crippen molar-refractivity contribution in [2.75, 3.05) is 17.8 Å². The molecule has 1 aliphatic heterocycles. The molecule has 0 radical (unpaired) electrons. The fourth-order valence-electron chi connectivity index (χ4n) is 4.10. The van der Waals surface area contributed by atoms with E-state index < -0.39 is 12.4 Å². The number of nitrogens with one attached hydrogen (secondary N) is 1. The second kappa shape index (κ2) is 15.3. The van der Waals surface area contributed by atoms with Crippen LogP contribution in [0.25, 0.3) is 5.69 Å². The molecule has 1 aromatic heterocycles. The van der Waals surface area contributed by atoms with Crippen LogP contribution < -0.4 is 15.0 Å². The average Bonchev–Trinajstić information content (AvgIpc) is 3.62. The monoisotopic (exact) mass is 678 g/mol. The molecule has 1 N–H and O–H groups in total. The van der Waals surface area contributed by atoms with E-state index >= 15 is 0 Å². The number of methoxy groups -OCH3 is 1. The smallest absolute Gasteiger partial charge is 0.489 e. The molecule has 11 nitrogen and oxygen atoms in total. The van der Waals surface area contributed by atoms with E-state index in [9.17, 15) is 22.8 Å². The van der Waals surface area contributed by atoms with E-state index in [1.165, 1.54) is 46.3 Å². The zero-order valence-electron chi connectivity index (χ0n) is 25.2. The summed E-state index contributed by atoms with van der Waals surface area (Å²) in [6.45, 7) is 5.59. The zero-order valence-corrected chi connectivity index (χ0v) is 26.8. The summed E-state index contributed by atoms with van der Waals surface area (Å²) in [6.07, 6.45) is -1.45. The minimum Gasteiger partial charge on any atom is -0.489 e. The minimum absolute atomic E-state index is 0.0509. The predicted octanol–water partition coefficient (Wildman–Crippen LogP) is 6.75. The van der Waals surface area contributed by atoms with Gasteiger partial charge >= 0.3 is 12.4 Å². The molecule has 3 amide bonds. The number of halogens is 4. The normalized spacial score (nSPS) is 15.3. The van der Waals surface area contributed by atoms with Gasteiger partial charge < -0.3 is 19.5 Å². The topological polar surface area (TPSA) is 120 Å². The lowest BCUT2D eigenvalue weighted by molar-refractivity contribution is -0.274. The van der Waals surface area contributed by atoms with Gasteiger partial charge in [-0.3, -0.25) is 9.69 Å². The van der Waals surface area contributed by atoms with Gasteiger partial charge in [-0.2, -0.15) is 4.99 Å². The van der Waals surface area contributed by atoms with Crippen molar-refractivity contribution in [3.8, 4) is 11.4 Å². The van der Waals surface area contributed by atoms with Crippen LogP contribution in [0, 0.1) is 6.92 Å². The average molecular weight is 679 g/mol. The van der Waals surface area contributed by atoms with E-state index in [1.807, 2.05) is 32.0 Å². The number of rotatable bonds is 11. The van der Waals surface area contributed by atoms with Crippen molar-refractivity contribution in [3.63, 3.8) is 0 Å². The summed E-state index contributed by atoms with van der Waals surface area (Å²) in [7, 11) is 1.56. The van der Waals surface area contributed by atoms with E-state index in [1.54, 1.807) is 14.0 Å². The van der Waals surface area contributed by atoms with E-state index in [0.29, 0.717) is 35.1 Å². The Morgan fingerprint density at radius 3 is 2.61 bits per heavy atom. The first-order valence-electron chi connectivity index (χ1n) is 13.8. The fraction of sp³-hybridized carbons (Fsp3) is 0.300. The van der Waals surface area contributed by atoms with Gasteiger partial charge in [-0.15, -0.1) is 18.3 Å². The summed E-state index contributed by atoms with van der Waals surface area (Å²) in [4.78, 5) is 35.4. The standard InChI is InChI=1S/C30H30ClF3N6O5S/c1-5-21(36-28(42)37-29-40(27(41)16-46-29)25-12-18(2)6-7-20(25)14-43-4)13-24(31)19(3)44-15-26-35-17-39(38-26)22-8-10-23(11-9-22)45-30(32,33)34/h6-13,17H,5,14-16H2,1-4H3,(H,36,42)/b21-13+,24-19-,37-29?. The lowest BCUT2D eigenvalue weighted by Gasteiger charge is -2.20. The maximum Gasteiger partial charge on any atom is 0.573 e. The molecular weight excluding hydrogens is 649 g/mol. The number of amides is 3. The maximum absolute atomic E-state index is 12.9. The van der Waals surface area contributed by atoms with Gasteiger partial charge in [0.1, 0.15) is 24.4 Å². The third-order valence-electron chi connectivity index (χ3n) is 6.32. The van der Waals surface area contributed by atoms with Crippen LogP contribution >= 0.6 is 23.4 Å². The third-order valence-corrected chi connectivity index (χ3v) is 7.62. The number of alkyl halides is 3. The molecule has 46 heavy (non-hydrogen) atoms. The number of carbonyl (C=O) groups excluding carboxylic acids is 2. The molecule has 1 fully saturated rings. The molecule has 0 bridgehead atoms. The summed E-state index contributed by atoms with van der Waals surface area (Å²) in [5.41, 5.74) is 3.26. The molecule has 16 heteroatoms. The van der Waals surface area contributed by atoms with Crippen LogP contribution in [0.3, 0.4) is 0 Å². The van der Waals surface area contributed by atoms with Gasteiger partial charge in [-0.25, -0.2) is 14.5 Å². The number of urea groups is 1. The highest BCUT2D eigenvalue weighted by Crippen LogP contribution is 2.31. The van der Waals surface area contributed by atoms with Gasteiger partial charge in [0.25, 0.3) is 0 Å². The number of thioether (sulfide) groups is 1. The first-order valence-corrected chi connectivity index (χ1v) is 15.1. The highest BCUT2D eigenvalue weighted by Gasteiger charge is 2.32. The van der Waals surface area contributed by atoms with Crippen LogP contribution in [0.5, 0.6) is 5.75 Å². The van der Waals surface area contributed by atoms with Crippen molar-refractivity contribution in [3.05, 3.63) is 88.3 Å². The van der Waals surface area contributed by atoms with Crippen molar-refractivity contribution in [1.29, 1.82) is 0 Å². The van der Waals surface area contributed by atoms with Gasteiger partial charge in [0.2, 0.25) is 5.91 Å². The molecule has 0 aliphatic carbocycles. The van der Waals surface area contributed by atoms with Crippen molar-refractivity contribution < 1.29 is 37.0 Å². The molecule has 2 heterocycles. The Morgan fingerprint density at radius 2 is 1.93 bits per heavy atom. The van der Waals surface area contributed by atoms with Crippen LogP contribution in [0.15, 0.2) is 76.3 Å². The van der Waals surface area contributed by atoms with Gasteiger partial charge in [-0.1, -0.05) is 42.4 Å². The quantitative estimate of drug-likeness (QED) is 0.175. The van der Waals surface area contributed by atoms with Crippen molar-refractivity contribution in [2.45, 2.75) is 46.8 Å². The third kappa shape index (κ3) is 9.34. The SMILES string of the molecule is CC/C(=C\C(Cl)=C(/C)OCc1ncn(-c2ccc(OC(F)(F)F)cc2)n1)NC(=O)N=C1SCC(=O)N1c1cc(C)ccc1COC. The van der Waals surface area contributed by atoms with Gasteiger partial charge in [0.15, 0.2) is 11.0 Å². The fourth-order valence-corrected chi connectivity index (χ4v) is 5.15. The second-order valence-corrected chi connectivity index (χ2v) is 11.1. The van der Waals surface area contributed by atoms with Crippen LogP contribution in [0.1, 0.15) is 37.2 Å². The molecule has 2 aromatic carbocycles. The summed E-state index contributed by atoms with van der Waals surface area (Å²) >= 11 is 7.62. The van der Waals surface area contributed by atoms with Crippen LogP contribution in [0.4, 0.5) is 23.7 Å². The lowest BCUT2D eigenvalue weighted by atomic mass is 10.1. The van der Waals surface area contributed by atoms with Crippen molar-refractivity contribution in [1.82, 2.24) is 20.1 Å². The number of benzene rings is 2. The molecule has 1 saturated heterocycles. The Kier molecular flexibility index (Phi) is 11.5. The van der Waals surface area contributed by atoms with Crippen LogP contribution in [-0.4, -0.2) is 51.1 Å². The summed E-state index contributed by atoms with van der Waals surface area (Å²) in [5.74, 6) is 0.207. The van der Waals surface area contributed by atoms with E-state index in [0.717, 1.165) is 22.9 Å². The number of allylic oxidation sites excluding steroid dienone is 4. The Morgan fingerprint density at radius 1 is 1.20 bits per heavy atom. The zero-order chi connectivity index (χ0) is 33.4. The molecule has 0 saturated carbocycles. The first kappa shape index (κ1) is 34.5. The van der Waals surface area contributed by atoms with Crippen LogP contribution in [-0.2, 0) is 27.5 Å². The number of nitrogens with zero attached hydrogens (tertiary/aromatic N) is 5. The number of ether oxygens (including phenoxy) is 3. The number of amidine groups is 1. The molecular formula is C30H30ClF3N6O5S. The lowest BCUT2D eigenvalue weighted by Crippen LogP contribution is -2.32. The predicted molar refractivity (Wildman–Crippen MR) is 168 cm³/mol. The Balaban J connectivity index is 1.40. The maximum atomic E-state index is 12.9. The molecule has 3 aromatic rings. The Labute approximate surface area is 272 Å². The van der Waals surface area contributed by atoms with Gasteiger partial charge in [0, 0.05) is 18.4 Å². The van der Waals surface area contributed by atoms with E-state index in [4.69, 9.17) is 21.1 Å². The number of anilines is 1. The minimum atomic E-state index is -4.78. The van der Waals surface area contributed by atoms with E-state index in [-0.39, 0.29) is 40.8 Å². The molecule has 0 spiro atoms. The van der Waals surface area contributed by atoms with Gasteiger partial charge in [-0.05, 0) is 62.2 Å². The number of aryl methyl sites for hydroxylation is 1. The van der Waals surface area contributed by atoms with Crippen molar-refractivity contribution >= 4 is 46.2 Å².